The first-order chi connectivity index (χ1) is 16.0. The molecule has 2 aliphatic heterocycles. The van der Waals surface area contributed by atoms with Gasteiger partial charge in [-0.15, -0.1) is 0 Å². The number of ether oxygens (including phenoxy) is 2. The van der Waals surface area contributed by atoms with Crippen molar-refractivity contribution >= 4 is 0 Å². The van der Waals surface area contributed by atoms with Crippen molar-refractivity contribution in [3.8, 4) is 0 Å². The molecule has 4 rings (SSSR count). The Morgan fingerprint density at radius 1 is 0.706 bits per heavy atom. The molecule has 4 aliphatic rings. The zero-order valence-corrected chi connectivity index (χ0v) is 22.2. The maximum Gasteiger partial charge on any atom is 0.0774 e. The minimum Gasteiger partial charge on any atom is -0.389 e. The summed E-state index contributed by atoms with van der Waals surface area (Å²) < 4.78 is 10.8. The fraction of sp³-hybridized carbons (Fsp3) is 0.857. The second kappa shape index (κ2) is 12.0. The van der Waals surface area contributed by atoms with Gasteiger partial charge in [0.1, 0.15) is 0 Å². The Hall–Kier alpha value is -0.760. The third kappa shape index (κ3) is 7.14. The predicted molar refractivity (Wildman–Crippen MR) is 138 cm³/mol. The lowest BCUT2D eigenvalue weighted by molar-refractivity contribution is -0.0940. The van der Waals surface area contributed by atoms with Gasteiger partial charge in [0, 0.05) is 38.3 Å². The summed E-state index contributed by atoms with van der Waals surface area (Å²) in [6.45, 7) is 23.3. The molecule has 2 saturated heterocycles. The predicted octanol–water partition coefficient (Wildman–Crippen LogP) is 3.63. The van der Waals surface area contributed by atoms with Gasteiger partial charge in [-0.25, -0.2) is 0 Å². The Morgan fingerprint density at radius 2 is 1.03 bits per heavy atom. The lowest BCUT2D eigenvalue weighted by atomic mass is 9.73. The van der Waals surface area contributed by atoms with E-state index in [9.17, 15) is 10.2 Å². The van der Waals surface area contributed by atoms with Crippen molar-refractivity contribution < 1.29 is 19.7 Å². The average molecular weight is 479 g/mol. The number of hydrogen-bond donors (Lipinski definition) is 2. The van der Waals surface area contributed by atoms with Crippen LogP contribution in [-0.4, -0.2) is 95.9 Å². The summed E-state index contributed by atoms with van der Waals surface area (Å²) >= 11 is 0. The van der Waals surface area contributed by atoms with Crippen molar-refractivity contribution in [1.82, 2.24) is 9.80 Å². The summed E-state index contributed by atoms with van der Waals surface area (Å²) in [6, 6.07) is 0.531. The number of morpholine rings is 2. The fourth-order valence-corrected chi connectivity index (χ4v) is 6.31. The minimum absolute atomic E-state index is 0.266. The second-order valence-electron chi connectivity index (χ2n) is 11.7. The molecule has 4 fully saturated rings. The first-order valence-electron chi connectivity index (χ1n) is 13.4. The van der Waals surface area contributed by atoms with Crippen molar-refractivity contribution in [3.05, 3.63) is 24.3 Å². The van der Waals surface area contributed by atoms with Crippen LogP contribution < -0.4 is 0 Å². The summed E-state index contributed by atoms with van der Waals surface area (Å²) in [5.41, 5.74) is 1.42. The van der Waals surface area contributed by atoms with Crippen molar-refractivity contribution in [2.75, 3.05) is 52.6 Å². The molecule has 0 unspecified atom stereocenters. The van der Waals surface area contributed by atoms with Crippen molar-refractivity contribution in [2.24, 2.45) is 11.8 Å². The molecule has 0 spiro atoms. The number of allylic oxidation sites excluding steroid dienone is 2. The maximum atomic E-state index is 10.6. The van der Waals surface area contributed by atoms with Crippen molar-refractivity contribution in [3.63, 3.8) is 0 Å². The topological polar surface area (TPSA) is 65.4 Å². The van der Waals surface area contributed by atoms with E-state index in [-0.39, 0.29) is 12.1 Å². The SMILES string of the molecule is C=C(C)[C@@H]1CC[C@](C)(O)[C@@H](N2CCOCC2)C1.C=C(C)[C@@H]1CC[C@](C)(O)[C@@H](N2CCOCC2)C1. The first kappa shape index (κ1) is 27.8. The molecule has 6 heteroatoms. The van der Waals surface area contributed by atoms with Gasteiger partial charge in [-0.05, 0) is 78.1 Å². The van der Waals surface area contributed by atoms with Gasteiger partial charge in [0.25, 0.3) is 0 Å². The van der Waals surface area contributed by atoms with Crippen LogP contribution in [0.3, 0.4) is 0 Å². The number of rotatable bonds is 4. The minimum atomic E-state index is -0.552. The Balaban J connectivity index is 0.000000191. The smallest absolute Gasteiger partial charge is 0.0774 e. The van der Waals surface area contributed by atoms with E-state index in [0.29, 0.717) is 11.8 Å². The summed E-state index contributed by atoms with van der Waals surface area (Å²) in [4.78, 5) is 4.80. The number of hydrogen-bond acceptors (Lipinski definition) is 6. The summed E-state index contributed by atoms with van der Waals surface area (Å²) in [5, 5.41) is 21.1. The molecule has 0 aromatic rings. The van der Waals surface area contributed by atoms with Gasteiger partial charge in [0.2, 0.25) is 0 Å². The molecule has 2 aliphatic carbocycles. The van der Waals surface area contributed by atoms with Gasteiger partial charge in [-0.1, -0.05) is 24.3 Å². The molecular formula is C28H50N2O4. The van der Waals surface area contributed by atoms with E-state index >= 15 is 0 Å². The quantitative estimate of drug-likeness (QED) is 0.602. The molecule has 6 atom stereocenters. The van der Waals surface area contributed by atoms with Crippen LogP contribution in [0.25, 0.3) is 0 Å². The molecule has 0 radical (unpaired) electrons. The molecular weight excluding hydrogens is 428 g/mol. The second-order valence-corrected chi connectivity index (χ2v) is 11.7. The molecule has 0 aromatic heterocycles. The van der Waals surface area contributed by atoms with E-state index in [1.807, 2.05) is 13.8 Å². The highest BCUT2D eigenvalue weighted by Crippen LogP contribution is 2.39. The van der Waals surface area contributed by atoms with E-state index in [1.165, 1.54) is 11.1 Å². The molecule has 2 heterocycles. The molecule has 2 saturated carbocycles. The van der Waals surface area contributed by atoms with E-state index in [4.69, 9.17) is 9.47 Å². The molecule has 34 heavy (non-hydrogen) atoms. The molecule has 196 valence electrons. The van der Waals surface area contributed by atoms with Gasteiger partial charge in [0.15, 0.2) is 0 Å². The van der Waals surface area contributed by atoms with Crippen LogP contribution in [-0.2, 0) is 9.47 Å². The van der Waals surface area contributed by atoms with E-state index in [0.717, 1.165) is 91.1 Å². The van der Waals surface area contributed by atoms with Crippen LogP contribution >= 0.6 is 0 Å². The van der Waals surface area contributed by atoms with Gasteiger partial charge in [-0.2, -0.15) is 0 Å². The zero-order chi connectivity index (χ0) is 24.9. The third-order valence-corrected chi connectivity index (χ3v) is 8.82. The van der Waals surface area contributed by atoms with Crippen molar-refractivity contribution in [2.45, 2.75) is 89.5 Å². The highest BCUT2D eigenvalue weighted by Gasteiger charge is 2.43. The Labute approximate surface area is 208 Å². The number of nitrogens with zero attached hydrogens (tertiary/aromatic N) is 2. The highest BCUT2D eigenvalue weighted by atomic mass is 16.5. The van der Waals surface area contributed by atoms with E-state index in [2.05, 4.69) is 36.8 Å². The molecule has 0 aromatic carbocycles. The van der Waals surface area contributed by atoms with Crippen LogP contribution in [0.5, 0.6) is 0 Å². The summed E-state index contributed by atoms with van der Waals surface area (Å²) in [6.07, 6.45) is 6.00. The summed E-state index contributed by atoms with van der Waals surface area (Å²) in [7, 11) is 0. The lowest BCUT2D eigenvalue weighted by Gasteiger charge is -2.47. The van der Waals surface area contributed by atoms with Gasteiger partial charge in [-0.3, -0.25) is 9.80 Å². The monoisotopic (exact) mass is 478 g/mol. The molecule has 0 amide bonds. The molecule has 0 bridgehead atoms. The Bertz CT molecular complexity index is 622. The third-order valence-electron chi connectivity index (χ3n) is 8.82. The standard InChI is InChI=1S/2C14H25NO2/c2*1-11(2)12-4-5-14(3,16)13(10-12)15-6-8-17-9-7-15/h2*12-13,16H,1,4-10H2,2-3H3/t2*12-,13+,14+/m11/s1. The van der Waals surface area contributed by atoms with Crippen molar-refractivity contribution in [1.29, 1.82) is 0 Å². The molecule has 2 N–H and O–H groups in total. The number of aliphatic hydroxyl groups is 2. The lowest BCUT2D eigenvalue weighted by Crippen LogP contribution is -2.57. The van der Waals surface area contributed by atoms with Crippen LogP contribution in [0.1, 0.15) is 66.2 Å². The van der Waals surface area contributed by atoms with Crippen LogP contribution in [0.2, 0.25) is 0 Å². The van der Waals surface area contributed by atoms with Gasteiger partial charge < -0.3 is 19.7 Å². The van der Waals surface area contributed by atoms with Crippen LogP contribution in [0, 0.1) is 11.8 Å². The highest BCUT2D eigenvalue weighted by molar-refractivity contribution is 5.06. The fourth-order valence-electron chi connectivity index (χ4n) is 6.31. The van der Waals surface area contributed by atoms with Gasteiger partial charge in [0.05, 0.1) is 37.6 Å². The van der Waals surface area contributed by atoms with Gasteiger partial charge >= 0.3 is 0 Å². The average Bonchev–Trinajstić information content (AvgIpc) is 2.80. The summed E-state index contributed by atoms with van der Waals surface area (Å²) in [5.74, 6) is 1.14. The van der Waals surface area contributed by atoms with E-state index in [1.54, 1.807) is 0 Å². The van der Waals surface area contributed by atoms with Crippen LogP contribution in [0.15, 0.2) is 24.3 Å². The maximum absolute atomic E-state index is 10.6. The van der Waals surface area contributed by atoms with E-state index < -0.39 is 11.2 Å². The largest absolute Gasteiger partial charge is 0.389 e. The Morgan fingerprint density at radius 3 is 1.32 bits per heavy atom. The molecule has 6 nitrogen and oxygen atoms in total. The zero-order valence-electron chi connectivity index (χ0n) is 22.2. The first-order valence-corrected chi connectivity index (χ1v) is 13.4. The normalized spacial score (nSPS) is 40.2. The van der Waals surface area contributed by atoms with Crippen LogP contribution in [0.4, 0.5) is 0 Å². The Kier molecular flexibility index (Phi) is 9.81.